The number of amides is 1. The highest BCUT2D eigenvalue weighted by molar-refractivity contribution is 6.05. The van der Waals surface area contributed by atoms with Crippen LogP contribution < -0.4 is 11.0 Å². The number of H-pyrrole nitrogens is 2. The molecule has 0 atom stereocenters. The Morgan fingerprint density at radius 3 is 2.45 bits per heavy atom. The molecule has 5 nitrogen and oxygen atoms in total. The second-order valence-electron chi connectivity index (χ2n) is 4.66. The van der Waals surface area contributed by atoms with Crippen LogP contribution in [-0.2, 0) is 0 Å². The van der Waals surface area contributed by atoms with E-state index in [1.807, 2.05) is 31.2 Å². The molecule has 1 aromatic heterocycles. The molecule has 3 aromatic rings. The first-order chi connectivity index (χ1) is 9.61. The van der Waals surface area contributed by atoms with Crippen LogP contribution in [0.4, 0.5) is 5.69 Å². The highest BCUT2D eigenvalue weighted by atomic mass is 16.2. The van der Waals surface area contributed by atoms with Gasteiger partial charge in [-0.1, -0.05) is 17.7 Å². The molecule has 20 heavy (non-hydrogen) atoms. The molecule has 0 aliphatic carbocycles. The Morgan fingerprint density at radius 1 is 1.00 bits per heavy atom. The fraction of sp³-hybridized carbons (Fsp3) is 0.0667. The van der Waals surface area contributed by atoms with Gasteiger partial charge in [-0.2, -0.15) is 0 Å². The lowest BCUT2D eigenvalue weighted by molar-refractivity contribution is 0.102. The first kappa shape index (κ1) is 12.2. The summed E-state index contributed by atoms with van der Waals surface area (Å²) in [6.07, 6.45) is 0. The van der Waals surface area contributed by atoms with E-state index in [2.05, 4.69) is 15.3 Å². The maximum Gasteiger partial charge on any atom is 0.323 e. The minimum absolute atomic E-state index is 0.210. The molecule has 1 amide bonds. The summed E-state index contributed by atoms with van der Waals surface area (Å²) in [5.74, 6) is -0.210. The number of benzene rings is 2. The van der Waals surface area contributed by atoms with Crippen LogP contribution in [0.25, 0.3) is 11.0 Å². The zero-order chi connectivity index (χ0) is 14.1. The summed E-state index contributed by atoms with van der Waals surface area (Å²) in [7, 11) is 0. The van der Waals surface area contributed by atoms with Crippen LogP contribution in [0.15, 0.2) is 47.3 Å². The number of carbonyl (C=O) groups is 1. The molecule has 100 valence electrons. The molecule has 0 saturated heterocycles. The Labute approximate surface area is 114 Å². The van der Waals surface area contributed by atoms with Gasteiger partial charge in [-0.15, -0.1) is 0 Å². The van der Waals surface area contributed by atoms with E-state index in [9.17, 15) is 9.59 Å². The molecule has 0 unspecified atom stereocenters. The number of rotatable bonds is 2. The van der Waals surface area contributed by atoms with Gasteiger partial charge in [-0.25, -0.2) is 4.79 Å². The molecular formula is C15H13N3O2. The van der Waals surface area contributed by atoms with Crippen molar-refractivity contribution in [2.45, 2.75) is 6.92 Å². The molecular weight excluding hydrogens is 254 g/mol. The van der Waals surface area contributed by atoms with Gasteiger partial charge in [-0.05, 0) is 37.3 Å². The molecule has 3 rings (SSSR count). The van der Waals surface area contributed by atoms with Crippen molar-refractivity contribution in [1.82, 2.24) is 9.97 Å². The highest BCUT2D eigenvalue weighted by Gasteiger charge is 2.08. The van der Waals surface area contributed by atoms with E-state index in [0.717, 1.165) is 11.3 Å². The normalized spacial score (nSPS) is 10.7. The van der Waals surface area contributed by atoms with Gasteiger partial charge in [0.1, 0.15) is 0 Å². The van der Waals surface area contributed by atoms with Crippen molar-refractivity contribution in [3.8, 4) is 0 Å². The molecule has 0 bridgehead atoms. The van der Waals surface area contributed by atoms with Gasteiger partial charge in [0.2, 0.25) is 0 Å². The average Bonchev–Trinajstić information content (AvgIpc) is 2.80. The van der Waals surface area contributed by atoms with E-state index in [4.69, 9.17) is 0 Å². The van der Waals surface area contributed by atoms with Gasteiger partial charge in [0.25, 0.3) is 5.91 Å². The van der Waals surface area contributed by atoms with Crippen LogP contribution in [-0.4, -0.2) is 15.9 Å². The summed E-state index contributed by atoms with van der Waals surface area (Å²) >= 11 is 0. The van der Waals surface area contributed by atoms with Crippen LogP contribution in [0.5, 0.6) is 0 Å². The predicted molar refractivity (Wildman–Crippen MR) is 78.1 cm³/mol. The SMILES string of the molecule is Cc1ccc(NC(=O)c2ccc3[nH]c(=O)[nH]c3c2)cc1. The maximum atomic E-state index is 12.1. The number of hydrogen-bond acceptors (Lipinski definition) is 2. The Kier molecular flexibility index (Phi) is 2.87. The minimum atomic E-state index is -0.281. The Morgan fingerprint density at radius 2 is 1.70 bits per heavy atom. The van der Waals surface area contributed by atoms with Gasteiger partial charge < -0.3 is 15.3 Å². The topological polar surface area (TPSA) is 77.8 Å². The van der Waals surface area contributed by atoms with Crippen molar-refractivity contribution in [3.05, 3.63) is 64.1 Å². The van der Waals surface area contributed by atoms with Gasteiger partial charge in [0.15, 0.2) is 0 Å². The number of fused-ring (bicyclic) bond motifs is 1. The molecule has 0 aliphatic heterocycles. The lowest BCUT2D eigenvalue weighted by Gasteiger charge is -2.05. The lowest BCUT2D eigenvalue weighted by Crippen LogP contribution is -2.11. The van der Waals surface area contributed by atoms with E-state index >= 15 is 0 Å². The van der Waals surface area contributed by atoms with Crippen molar-refractivity contribution >= 4 is 22.6 Å². The summed E-state index contributed by atoms with van der Waals surface area (Å²) in [5, 5.41) is 2.82. The Hall–Kier alpha value is -2.82. The number of imidazole rings is 1. The van der Waals surface area contributed by atoms with Crippen molar-refractivity contribution in [3.63, 3.8) is 0 Å². The van der Waals surface area contributed by atoms with Crippen molar-refractivity contribution in [2.24, 2.45) is 0 Å². The molecule has 1 heterocycles. The zero-order valence-electron chi connectivity index (χ0n) is 10.9. The van der Waals surface area contributed by atoms with E-state index < -0.39 is 0 Å². The largest absolute Gasteiger partial charge is 0.323 e. The van der Waals surface area contributed by atoms with Gasteiger partial charge in [-0.3, -0.25) is 4.79 Å². The highest BCUT2D eigenvalue weighted by Crippen LogP contribution is 2.13. The second-order valence-corrected chi connectivity index (χ2v) is 4.66. The number of hydrogen-bond donors (Lipinski definition) is 3. The molecule has 0 radical (unpaired) electrons. The fourth-order valence-corrected chi connectivity index (χ4v) is 2.01. The van der Waals surface area contributed by atoms with Gasteiger partial charge in [0, 0.05) is 11.3 Å². The van der Waals surface area contributed by atoms with E-state index in [0.29, 0.717) is 16.6 Å². The van der Waals surface area contributed by atoms with Gasteiger partial charge in [0.05, 0.1) is 11.0 Å². The smallest absolute Gasteiger partial charge is 0.322 e. The van der Waals surface area contributed by atoms with E-state index in [-0.39, 0.29) is 11.6 Å². The average molecular weight is 267 g/mol. The molecule has 0 aliphatic rings. The first-order valence-corrected chi connectivity index (χ1v) is 6.22. The summed E-state index contributed by atoms with van der Waals surface area (Å²) in [6, 6.07) is 12.6. The van der Waals surface area contributed by atoms with Crippen molar-refractivity contribution in [1.29, 1.82) is 0 Å². The molecule has 2 aromatic carbocycles. The predicted octanol–water partition coefficient (Wildman–Crippen LogP) is 2.42. The first-order valence-electron chi connectivity index (χ1n) is 6.22. The van der Waals surface area contributed by atoms with Crippen LogP contribution in [0, 0.1) is 6.92 Å². The minimum Gasteiger partial charge on any atom is -0.322 e. The Balaban J connectivity index is 1.88. The van der Waals surface area contributed by atoms with E-state index in [1.54, 1.807) is 18.2 Å². The number of anilines is 1. The third-order valence-corrected chi connectivity index (χ3v) is 3.09. The monoisotopic (exact) mass is 267 g/mol. The van der Waals surface area contributed by atoms with Gasteiger partial charge >= 0.3 is 5.69 Å². The number of aryl methyl sites for hydroxylation is 1. The Bertz CT molecular complexity index is 828. The zero-order valence-corrected chi connectivity index (χ0v) is 10.9. The number of aromatic nitrogens is 2. The second kappa shape index (κ2) is 4.70. The van der Waals surface area contributed by atoms with E-state index in [1.165, 1.54) is 0 Å². The van der Waals surface area contributed by atoms with Crippen molar-refractivity contribution < 1.29 is 4.79 Å². The summed E-state index contributed by atoms with van der Waals surface area (Å²) in [4.78, 5) is 28.6. The summed E-state index contributed by atoms with van der Waals surface area (Å²) in [5.41, 5.74) is 3.38. The third kappa shape index (κ3) is 2.33. The molecule has 0 saturated carbocycles. The molecule has 0 spiro atoms. The number of carbonyl (C=O) groups excluding carboxylic acids is 1. The molecule has 3 N–H and O–H groups in total. The summed E-state index contributed by atoms with van der Waals surface area (Å²) in [6.45, 7) is 1.99. The number of nitrogens with one attached hydrogen (secondary N) is 3. The summed E-state index contributed by atoms with van der Waals surface area (Å²) < 4.78 is 0. The van der Waals surface area contributed by atoms with Crippen LogP contribution in [0.3, 0.4) is 0 Å². The van der Waals surface area contributed by atoms with Crippen LogP contribution in [0.1, 0.15) is 15.9 Å². The van der Waals surface area contributed by atoms with Crippen molar-refractivity contribution in [2.75, 3.05) is 5.32 Å². The molecule has 0 fully saturated rings. The number of aromatic amines is 2. The lowest BCUT2D eigenvalue weighted by atomic mass is 10.1. The van der Waals surface area contributed by atoms with Crippen LogP contribution in [0.2, 0.25) is 0 Å². The maximum absolute atomic E-state index is 12.1. The molecule has 5 heteroatoms. The standard InChI is InChI=1S/C15H13N3O2/c1-9-2-5-11(6-3-9)16-14(19)10-4-7-12-13(8-10)18-15(20)17-12/h2-8H,1H3,(H,16,19)(H2,17,18,20). The quantitative estimate of drug-likeness (QED) is 0.666. The van der Waals surface area contributed by atoms with Crippen LogP contribution >= 0.6 is 0 Å². The fourth-order valence-electron chi connectivity index (χ4n) is 2.01. The third-order valence-electron chi connectivity index (χ3n) is 3.09.